The summed E-state index contributed by atoms with van der Waals surface area (Å²) in [5.74, 6) is 0.445. The van der Waals surface area contributed by atoms with Gasteiger partial charge in [0.1, 0.15) is 6.04 Å². The molecule has 6 nitrogen and oxygen atoms in total. The van der Waals surface area contributed by atoms with Gasteiger partial charge in [-0.15, -0.1) is 0 Å². The number of carbonyl (C=O) groups is 1. The second-order valence-electron chi connectivity index (χ2n) is 7.92. The predicted molar refractivity (Wildman–Crippen MR) is 105 cm³/mol. The number of rotatable bonds is 6. The number of quaternary nitrogens is 1. The Morgan fingerprint density at radius 2 is 1.85 bits per heavy atom. The zero-order valence-electron chi connectivity index (χ0n) is 16.4. The van der Waals surface area contributed by atoms with Gasteiger partial charge in [-0.3, -0.25) is 4.79 Å². The van der Waals surface area contributed by atoms with Crippen molar-refractivity contribution >= 4 is 15.9 Å². The largest absolute Gasteiger partial charge is 0.346 e. The van der Waals surface area contributed by atoms with Gasteiger partial charge in [-0.25, -0.2) is 8.42 Å². The molecule has 2 N–H and O–H groups in total. The number of likely N-dealkylation sites (N-methyl/N-ethyl adjacent to an activating group) is 1. The molecule has 1 aromatic carbocycles. The van der Waals surface area contributed by atoms with Crippen molar-refractivity contribution in [2.45, 2.75) is 50.5 Å². The molecule has 2 heterocycles. The van der Waals surface area contributed by atoms with Gasteiger partial charge in [-0.1, -0.05) is 6.92 Å². The minimum atomic E-state index is -3.47. The molecule has 27 heavy (non-hydrogen) atoms. The normalized spacial score (nSPS) is 24.8. The monoisotopic (exact) mass is 394 g/mol. The first-order chi connectivity index (χ1) is 12.9. The molecule has 0 spiro atoms. The highest BCUT2D eigenvalue weighted by Crippen LogP contribution is 2.23. The van der Waals surface area contributed by atoms with E-state index in [4.69, 9.17) is 0 Å². The van der Waals surface area contributed by atoms with Gasteiger partial charge in [0.2, 0.25) is 10.0 Å². The number of benzene rings is 1. The van der Waals surface area contributed by atoms with Crippen molar-refractivity contribution in [3.63, 3.8) is 0 Å². The fourth-order valence-electron chi connectivity index (χ4n) is 4.17. The second kappa shape index (κ2) is 8.71. The third-order valence-electron chi connectivity index (χ3n) is 6.09. The van der Waals surface area contributed by atoms with Crippen molar-refractivity contribution in [3.8, 4) is 0 Å². The van der Waals surface area contributed by atoms with Crippen LogP contribution < -0.4 is 10.2 Å². The summed E-state index contributed by atoms with van der Waals surface area (Å²) in [5, 5.41) is 3.01. The molecule has 2 aliphatic heterocycles. The molecule has 7 heteroatoms. The Hall–Kier alpha value is -1.44. The lowest BCUT2D eigenvalue weighted by Crippen LogP contribution is -3.14. The molecule has 2 fully saturated rings. The van der Waals surface area contributed by atoms with Gasteiger partial charge in [0.05, 0.1) is 24.5 Å². The van der Waals surface area contributed by atoms with Crippen molar-refractivity contribution < 1.29 is 18.1 Å². The molecule has 0 saturated carbocycles. The summed E-state index contributed by atoms with van der Waals surface area (Å²) in [6.45, 7) is 8.42. The minimum Gasteiger partial charge on any atom is -0.346 e. The first-order valence-corrected chi connectivity index (χ1v) is 11.6. The van der Waals surface area contributed by atoms with Crippen LogP contribution in [0.3, 0.4) is 0 Å². The Morgan fingerprint density at radius 1 is 1.19 bits per heavy atom. The molecular weight excluding hydrogens is 362 g/mol. The number of nitrogens with zero attached hydrogens (tertiary/aromatic N) is 1. The third kappa shape index (κ3) is 4.70. The molecule has 0 radical (unpaired) electrons. The van der Waals surface area contributed by atoms with Crippen LogP contribution in [-0.2, 0) is 10.0 Å². The summed E-state index contributed by atoms with van der Waals surface area (Å²) in [5.41, 5.74) is 0.511. The number of likely N-dealkylation sites (tertiary alicyclic amines) is 1. The lowest BCUT2D eigenvalue weighted by Gasteiger charge is -2.29. The van der Waals surface area contributed by atoms with E-state index in [2.05, 4.69) is 19.2 Å². The summed E-state index contributed by atoms with van der Waals surface area (Å²) in [4.78, 5) is 14.2. The molecule has 2 atom stereocenters. The summed E-state index contributed by atoms with van der Waals surface area (Å²) in [6.07, 6.45) is 4.16. The molecule has 1 aromatic rings. The van der Waals surface area contributed by atoms with Crippen LogP contribution in [0.5, 0.6) is 0 Å². The van der Waals surface area contributed by atoms with E-state index in [1.807, 2.05) is 0 Å². The van der Waals surface area contributed by atoms with Crippen molar-refractivity contribution in [2.75, 3.05) is 32.7 Å². The number of nitrogens with one attached hydrogen (secondary N) is 2. The van der Waals surface area contributed by atoms with Gasteiger partial charge >= 0.3 is 0 Å². The number of carbonyl (C=O) groups excluding carboxylic acids is 1. The van der Waals surface area contributed by atoms with Gasteiger partial charge in [0, 0.05) is 31.5 Å². The van der Waals surface area contributed by atoms with E-state index < -0.39 is 10.0 Å². The van der Waals surface area contributed by atoms with E-state index in [1.54, 1.807) is 33.5 Å². The smallest absolute Gasteiger partial charge is 0.251 e. The molecule has 2 saturated heterocycles. The first kappa shape index (κ1) is 20.3. The highest BCUT2D eigenvalue weighted by atomic mass is 32.2. The molecule has 0 aromatic heterocycles. The summed E-state index contributed by atoms with van der Waals surface area (Å²) in [7, 11) is -3.47. The zero-order valence-corrected chi connectivity index (χ0v) is 17.2. The zero-order chi connectivity index (χ0) is 19.4. The fraction of sp³-hybridized carbons (Fsp3) is 0.650. The van der Waals surface area contributed by atoms with Crippen LogP contribution in [0.2, 0.25) is 0 Å². The molecule has 0 bridgehead atoms. The number of piperidine rings is 1. The van der Waals surface area contributed by atoms with Crippen LogP contribution in [-0.4, -0.2) is 57.4 Å². The summed E-state index contributed by atoms with van der Waals surface area (Å²) in [6, 6.07) is 6.84. The average Bonchev–Trinajstić information content (AvgIpc) is 3.14. The van der Waals surface area contributed by atoms with Crippen LogP contribution >= 0.6 is 0 Å². The molecule has 150 valence electrons. The van der Waals surface area contributed by atoms with E-state index in [0.717, 1.165) is 25.8 Å². The van der Waals surface area contributed by atoms with Crippen molar-refractivity contribution in [1.29, 1.82) is 0 Å². The lowest BCUT2D eigenvalue weighted by atomic mass is 10.0. The van der Waals surface area contributed by atoms with Crippen LogP contribution in [0.25, 0.3) is 0 Å². The van der Waals surface area contributed by atoms with E-state index in [9.17, 15) is 13.2 Å². The summed E-state index contributed by atoms with van der Waals surface area (Å²) < 4.78 is 27.1. The van der Waals surface area contributed by atoms with Gasteiger partial charge in [-0.2, -0.15) is 4.31 Å². The molecule has 1 amide bonds. The van der Waals surface area contributed by atoms with Gasteiger partial charge < -0.3 is 10.2 Å². The van der Waals surface area contributed by atoms with Crippen molar-refractivity contribution in [1.82, 2.24) is 9.62 Å². The van der Waals surface area contributed by atoms with Crippen LogP contribution in [0.1, 0.15) is 49.9 Å². The van der Waals surface area contributed by atoms with Gasteiger partial charge in [-0.05, 0) is 49.9 Å². The lowest BCUT2D eigenvalue weighted by molar-refractivity contribution is -0.909. The second-order valence-corrected chi connectivity index (χ2v) is 9.86. The van der Waals surface area contributed by atoms with E-state index >= 15 is 0 Å². The molecule has 0 aliphatic carbocycles. The predicted octanol–water partition coefficient (Wildman–Crippen LogP) is 0.904. The Labute approximate surface area is 163 Å². The Morgan fingerprint density at radius 3 is 2.48 bits per heavy atom. The fourth-order valence-corrected chi connectivity index (χ4v) is 5.64. The van der Waals surface area contributed by atoms with Gasteiger partial charge in [0.25, 0.3) is 5.91 Å². The Bertz CT molecular complexity index is 740. The van der Waals surface area contributed by atoms with Crippen LogP contribution in [0.15, 0.2) is 29.2 Å². The maximum Gasteiger partial charge on any atom is 0.251 e. The topological polar surface area (TPSA) is 70.9 Å². The number of amides is 1. The van der Waals surface area contributed by atoms with E-state index in [-0.39, 0.29) is 10.8 Å². The standard InChI is InChI=1S/C20H31N3O3S/c1-3-22-12-4-5-18(22)15-21-20(24)17-6-8-19(9-7-17)27(25,26)23-13-10-16(2)11-14-23/h6-9,16,18H,3-5,10-15H2,1-2H3,(H,21,24)/p+1/t18-/m1/s1. The van der Waals surface area contributed by atoms with Crippen molar-refractivity contribution in [2.24, 2.45) is 5.92 Å². The molecule has 3 rings (SSSR count). The highest BCUT2D eigenvalue weighted by Gasteiger charge is 2.29. The first-order valence-electron chi connectivity index (χ1n) is 10.1. The molecule has 1 unspecified atom stereocenters. The number of sulfonamides is 1. The highest BCUT2D eigenvalue weighted by molar-refractivity contribution is 7.89. The average molecular weight is 395 g/mol. The molecular formula is C20H32N3O3S+. The van der Waals surface area contributed by atoms with Gasteiger partial charge in [0.15, 0.2) is 0 Å². The third-order valence-corrected chi connectivity index (χ3v) is 8.00. The van der Waals surface area contributed by atoms with Crippen molar-refractivity contribution in [3.05, 3.63) is 29.8 Å². The van der Waals surface area contributed by atoms with Crippen LogP contribution in [0.4, 0.5) is 0 Å². The minimum absolute atomic E-state index is 0.131. The Balaban J connectivity index is 1.60. The maximum absolute atomic E-state index is 12.8. The summed E-state index contributed by atoms with van der Waals surface area (Å²) >= 11 is 0. The number of hydrogen-bond donors (Lipinski definition) is 2. The Kier molecular flexibility index (Phi) is 6.55. The number of hydrogen-bond acceptors (Lipinski definition) is 3. The molecule has 2 aliphatic rings. The van der Waals surface area contributed by atoms with E-state index in [1.165, 1.54) is 13.0 Å². The van der Waals surface area contributed by atoms with E-state index in [0.29, 0.717) is 37.2 Å². The maximum atomic E-state index is 12.8. The van der Waals surface area contributed by atoms with Crippen LogP contribution in [0, 0.1) is 5.92 Å². The quantitative estimate of drug-likeness (QED) is 0.753. The SMILES string of the molecule is CC[NH+]1CCC[C@@H]1CNC(=O)c1ccc(S(=O)(=O)N2CCC(C)CC2)cc1.